The van der Waals surface area contributed by atoms with Gasteiger partial charge in [0, 0.05) is 19.3 Å². The third-order valence-corrected chi connectivity index (χ3v) is 3.97. The van der Waals surface area contributed by atoms with Crippen LogP contribution < -0.4 is 5.32 Å². The topological polar surface area (TPSA) is 58.6 Å². The van der Waals surface area contributed by atoms with Gasteiger partial charge in [0.05, 0.1) is 12.5 Å². The van der Waals surface area contributed by atoms with E-state index in [9.17, 15) is 9.59 Å². The van der Waals surface area contributed by atoms with Crippen molar-refractivity contribution in [2.24, 2.45) is 11.8 Å². The van der Waals surface area contributed by atoms with Crippen molar-refractivity contribution in [1.29, 1.82) is 0 Å². The van der Waals surface area contributed by atoms with Crippen molar-refractivity contribution in [2.75, 3.05) is 19.7 Å². The number of carbonyl (C=O) groups excluding carboxylic acids is 2. The number of hydrogen-bond acceptors (Lipinski definition) is 3. The third-order valence-electron chi connectivity index (χ3n) is 3.97. The Balaban J connectivity index is 1.83. The first kappa shape index (κ1) is 14.9. The summed E-state index contributed by atoms with van der Waals surface area (Å²) < 4.78 is 5.04. The van der Waals surface area contributed by atoms with E-state index >= 15 is 0 Å². The molecule has 1 heterocycles. The molecule has 2 amide bonds. The number of urea groups is 1. The van der Waals surface area contributed by atoms with Crippen molar-refractivity contribution >= 4 is 12.0 Å². The molecule has 1 unspecified atom stereocenters. The number of ether oxygens (including phenoxy) is 1. The van der Waals surface area contributed by atoms with Crippen LogP contribution in [0.4, 0.5) is 4.79 Å². The summed E-state index contributed by atoms with van der Waals surface area (Å²) in [5, 5.41) is 2.84. The third kappa shape index (κ3) is 3.99. The van der Waals surface area contributed by atoms with Gasteiger partial charge in [-0.25, -0.2) is 4.79 Å². The maximum atomic E-state index is 12.1. The quantitative estimate of drug-likeness (QED) is 0.804. The second-order valence-electron chi connectivity index (χ2n) is 5.65. The molecule has 1 atom stereocenters. The van der Waals surface area contributed by atoms with E-state index in [2.05, 4.69) is 12.2 Å². The molecule has 0 spiro atoms. The van der Waals surface area contributed by atoms with E-state index in [4.69, 9.17) is 4.74 Å². The average Bonchev–Trinajstić information content (AvgIpc) is 3.29. The first-order valence-corrected chi connectivity index (χ1v) is 7.50. The summed E-state index contributed by atoms with van der Waals surface area (Å²) in [7, 11) is 0. The van der Waals surface area contributed by atoms with E-state index in [1.807, 2.05) is 6.20 Å². The van der Waals surface area contributed by atoms with Crippen LogP contribution in [0, 0.1) is 11.8 Å². The van der Waals surface area contributed by atoms with E-state index in [0.29, 0.717) is 25.6 Å². The summed E-state index contributed by atoms with van der Waals surface area (Å²) in [5.74, 6) is 0.293. The van der Waals surface area contributed by atoms with Crippen LogP contribution in [0.2, 0.25) is 0 Å². The van der Waals surface area contributed by atoms with Crippen molar-refractivity contribution < 1.29 is 14.3 Å². The Morgan fingerprint density at radius 2 is 2.05 bits per heavy atom. The summed E-state index contributed by atoms with van der Waals surface area (Å²) in [6.45, 7) is 5.41. The van der Waals surface area contributed by atoms with Crippen LogP contribution in [0.3, 0.4) is 0 Å². The number of piperidine rings is 1. The van der Waals surface area contributed by atoms with Gasteiger partial charge < -0.3 is 15.0 Å². The highest BCUT2D eigenvalue weighted by Gasteiger charge is 2.29. The minimum absolute atomic E-state index is 0.112. The molecule has 2 fully saturated rings. The second-order valence-corrected chi connectivity index (χ2v) is 5.65. The molecule has 0 aromatic carbocycles. The summed E-state index contributed by atoms with van der Waals surface area (Å²) in [6, 6.07) is -0.112. The molecular weight excluding hydrogens is 256 g/mol. The Morgan fingerprint density at radius 3 is 2.70 bits per heavy atom. The summed E-state index contributed by atoms with van der Waals surface area (Å²) in [5.41, 5.74) is 1.23. The van der Waals surface area contributed by atoms with Crippen LogP contribution in [0.25, 0.3) is 0 Å². The monoisotopic (exact) mass is 280 g/mol. The zero-order valence-corrected chi connectivity index (χ0v) is 12.4. The van der Waals surface area contributed by atoms with Crippen molar-refractivity contribution in [1.82, 2.24) is 10.2 Å². The standard InChI is InChI=1S/C15H24N2O3/c1-3-20-14(18)13-5-4-8-17(10-13)15(19)16-9-11(2)12-6-7-12/h9,12-13H,3-8,10H2,1-2H3,(H,16,19)/b11-9+. The van der Waals surface area contributed by atoms with Gasteiger partial charge in [-0.15, -0.1) is 0 Å². The van der Waals surface area contributed by atoms with Gasteiger partial charge in [-0.3, -0.25) is 4.79 Å². The molecule has 0 radical (unpaired) electrons. The van der Waals surface area contributed by atoms with Gasteiger partial charge in [-0.05, 0) is 45.4 Å². The fourth-order valence-electron chi connectivity index (χ4n) is 2.54. The lowest BCUT2D eigenvalue weighted by Crippen LogP contribution is -2.46. The fourth-order valence-corrected chi connectivity index (χ4v) is 2.54. The molecule has 112 valence electrons. The highest BCUT2D eigenvalue weighted by molar-refractivity contribution is 5.78. The number of esters is 1. The molecule has 1 aliphatic carbocycles. The first-order valence-electron chi connectivity index (χ1n) is 7.50. The van der Waals surface area contributed by atoms with E-state index in [1.54, 1.807) is 11.8 Å². The summed E-state index contributed by atoms with van der Waals surface area (Å²) >= 11 is 0. The van der Waals surface area contributed by atoms with Gasteiger partial charge in [0.15, 0.2) is 0 Å². The molecule has 2 aliphatic rings. The number of rotatable bonds is 4. The van der Waals surface area contributed by atoms with Crippen LogP contribution >= 0.6 is 0 Å². The van der Waals surface area contributed by atoms with Crippen LogP contribution in [0.15, 0.2) is 11.8 Å². The molecule has 20 heavy (non-hydrogen) atoms. The predicted octanol–water partition coefficient (Wildman–Crippen LogP) is 2.28. The molecular formula is C15H24N2O3. The largest absolute Gasteiger partial charge is 0.466 e. The highest BCUT2D eigenvalue weighted by atomic mass is 16.5. The van der Waals surface area contributed by atoms with E-state index < -0.39 is 0 Å². The molecule has 1 aliphatic heterocycles. The summed E-state index contributed by atoms with van der Waals surface area (Å²) in [6.07, 6.45) is 5.93. The first-order chi connectivity index (χ1) is 9.61. The lowest BCUT2D eigenvalue weighted by atomic mass is 9.98. The van der Waals surface area contributed by atoms with Gasteiger partial charge in [-0.1, -0.05) is 5.57 Å². The van der Waals surface area contributed by atoms with Crippen molar-refractivity contribution in [3.05, 3.63) is 11.8 Å². The Morgan fingerprint density at radius 1 is 1.30 bits per heavy atom. The molecule has 5 heteroatoms. The number of amides is 2. The van der Waals surface area contributed by atoms with Crippen molar-refractivity contribution in [2.45, 2.75) is 39.5 Å². The van der Waals surface area contributed by atoms with Crippen LogP contribution in [-0.2, 0) is 9.53 Å². The zero-order chi connectivity index (χ0) is 14.5. The van der Waals surface area contributed by atoms with Crippen LogP contribution in [0.5, 0.6) is 0 Å². The van der Waals surface area contributed by atoms with Gasteiger partial charge in [0.25, 0.3) is 0 Å². The predicted molar refractivity (Wildman–Crippen MR) is 75.9 cm³/mol. The smallest absolute Gasteiger partial charge is 0.321 e. The fraction of sp³-hybridized carbons (Fsp3) is 0.733. The molecule has 5 nitrogen and oxygen atoms in total. The molecule has 0 bridgehead atoms. The van der Waals surface area contributed by atoms with E-state index in [0.717, 1.165) is 12.8 Å². The maximum Gasteiger partial charge on any atom is 0.321 e. The van der Waals surface area contributed by atoms with Gasteiger partial charge in [0.2, 0.25) is 0 Å². The molecule has 1 N–H and O–H groups in total. The maximum absolute atomic E-state index is 12.1. The lowest BCUT2D eigenvalue weighted by molar-refractivity contribution is -0.149. The van der Waals surface area contributed by atoms with Gasteiger partial charge in [0.1, 0.15) is 0 Å². The average molecular weight is 280 g/mol. The van der Waals surface area contributed by atoms with E-state index in [-0.39, 0.29) is 17.9 Å². The summed E-state index contributed by atoms with van der Waals surface area (Å²) in [4.78, 5) is 25.5. The molecule has 2 rings (SSSR count). The van der Waals surface area contributed by atoms with Crippen molar-refractivity contribution in [3.8, 4) is 0 Å². The van der Waals surface area contributed by atoms with Crippen LogP contribution in [0.1, 0.15) is 39.5 Å². The molecule has 1 saturated carbocycles. The molecule has 1 saturated heterocycles. The second kappa shape index (κ2) is 6.77. The Kier molecular flexibility index (Phi) is 5.04. The highest BCUT2D eigenvalue weighted by Crippen LogP contribution is 2.35. The van der Waals surface area contributed by atoms with Crippen LogP contribution in [-0.4, -0.2) is 36.6 Å². The Bertz CT molecular complexity index is 402. The van der Waals surface area contributed by atoms with E-state index in [1.165, 1.54) is 18.4 Å². The molecule has 0 aromatic heterocycles. The lowest BCUT2D eigenvalue weighted by Gasteiger charge is -2.31. The van der Waals surface area contributed by atoms with Gasteiger partial charge >= 0.3 is 12.0 Å². The van der Waals surface area contributed by atoms with Crippen molar-refractivity contribution in [3.63, 3.8) is 0 Å². The number of nitrogens with zero attached hydrogens (tertiary/aromatic N) is 1. The minimum Gasteiger partial charge on any atom is -0.466 e. The molecule has 0 aromatic rings. The number of allylic oxidation sites excluding steroid dienone is 1. The number of carbonyl (C=O) groups is 2. The zero-order valence-electron chi connectivity index (χ0n) is 12.4. The number of likely N-dealkylation sites (tertiary alicyclic amines) is 1. The Hall–Kier alpha value is -1.52. The number of nitrogens with one attached hydrogen (secondary N) is 1. The number of hydrogen-bond donors (Lipinski definition) is 1. The SMILES string of the molecule is CCOC(=O)C1CCCN(C(=O)N/C=C(\C)C2CC2)C1. The van der Waals surface area contributed by atoms with Gasteiger partial charge in [-0.2, -0.15) is 0 Å². The normalized spacial score (nSPS) is 23.4. The Labute approximate surface area is 120 Å². The minimum atomic E-state index is -0.185.